The molecule has 154 valence electrons. The highest BCUT2D eigenvalue weighted by Crippen LogP contribution is 2.24. The Morgan fingerprint density at radius 2 is 2.07 bits per heavy atom. The van der Waals surface area contributed by atoms with E-state index in [2.05, 4.69) is 29.4 Å². The standard InChI is InChI=1S/C19H29N5O3S/c1-13(2)6-4-7-14(3)21-17(26)12-28-19-23-22-18(15-8-5-11-27-15)24(19)10-9-16(20)25/h5,8,11,13-14H,4,6-7,9-10,12H2,1-3H3,(H2,20,25)(H,21,26). The third kappa shape index (κ3) is 7.03. The molecule has 0 aliphatic rings. The van der Waals surface area contributed by atoms with Gasteiger partial charge in [-0.1, -0.05) is 38.5 Å². The minimum atomic E-state index is -0.414. The average molecular weight is 408 g/mol. The molecule has 0 bridgehead atoms. The maximum Gasteiger partial charge on any atom is 0.230 e. The van der Waals surface area contributed by atoms with Gasteiger partial charge in [0.1, 0.15) is 0 Å². The number of nitrogens with one attached hydrogen (secondary N) is 1. The van der Waals surface area contributed by atoms with Crippen molar-refractivity contribution >= 4 is 23.6 Å². The summed E-state index contributed by atoms with van der Waals surface area (Å²) >= 11 is 1.28. The van der Waals surface area contributed by atoms with Gasteiger partial charge in [0.05, 0.1) is 12.0 Å². The van der Waals surface area contributed by atoms with Crippen molar-refractivity contribution in [2.45, 2.75) is 64.2 Å². The first kappa shape index (κ1) is 22.0. The number of carbonyl (C=O) groups is 2. The molecule has 2 heterocycles. The molecular weight excluding hydrogens is 378 g/mol. The summed E-state index contributed by atoms with van der Waals surface area (Å²) in [6.07, 6.45) is 4.92. The third-order valence-electron chi connectivity index (χ3n) is 4.20. The van der Waals surface area contributed by atoms with E-state index in [1.807, 2.05) is 6.92 Å². The van der Waals surface area contributed by atoms with Gasteiger partial charge in [-0.15, -0.1) is 10.2 Å². The van der Waals surface area contributed by atoms with Crippen molar-refractivity contribution in [2.75, 3.05) is 5.75 Å². The van der Waals surface area contributed by atoms with Gasteiger partial charge in [0, 0.05) is 19.0 Å². The zero-order chi connectivity index (χ0) is 20.5. The number of nitrogens with zero attached hydrogens (tertiary/aromatic N) is 3. The summed E-state index contributed by atoms with van der Waals surface area (Å²) in [7, 11) is 0. The van der Waals surface area contributed by atoms with Gasteiger partial charge in [-0.3, -0.25) is 14.2 Å². The predicted molar refractivity (Wildman–Crippen MR) is 109 cm³/mol. The fourth-order valence-corrected chi connectivity index (χ4v) is 3.53. The second-order valence-corrected chi connectivity index (χ2v) is 8.18. The molecule has 0 saturated heterocycles. The summed E-state index contributed by atoms with van der Waals surface area (Å²) in [6.45, 7) is 6.75. The summed E-state index contributed by atoms with van der Waals surface area (Å²) in [4.78, 5) is 23.4. The number of nitrogens with two attached hydrogens (primary N) is 1. The molecule has 2 aromatic heterocycles. The van der Waals surface area contributed by atoms with Gasteiger partial charge in [-0.05, 0) is 31.4 Å². The molecule has 0 radical (unpaired) electrons. The molecular formula is C19H29N5O3S. The van der Waals surface area contributed by atoms with E-state index in [0.29, 0.717) is 29.2 Å². The molecule has 0 aromatic carbocycles. The molecule has 28 heavy (non-hydrogen) atoms. The zero-order valence-electron chi connectivity index (χ0n) is 16.7. The molecule has 1 unspecified atom stereocenters. The fraction of sp³-hybridized carbons (Fsp3) is 0.579. The highest BCUT2D eigenvalue weighted by atomic mass is 32.2. The predicted octanol–water partition coefficient (Wildman–Crippen LogP) is 2.84. The van der Waals surface area contributed by atoms with Crippen molar-refractivity contribution in [3.8, 4) is 11.6 Å². The van der Waals surface area contributed by atoms with Crippen LogP contribution in [0.2, 0.25) is 0 Å². The summed E-state index contributed by atoms with van der Waals surface area (Å²) < 4.78 is 7.14. The number of furan rings is 1. The number of amides is 2. The SMILES string of the molecule is CC(C)CCCC(C)NC(=O)CSc1nnc(-c2ccco2)n1CCC(N)=O. The first-order chi connectivity index (χ1) is 13.4. The van der Waals surface area contributed by atoms with E-state index in [9.17, 15) is 9.59 Å². The van der Waals surface area contributed by atoms with E-state index in [0.717, 1.165) is 19.3 Å². The normalized spacial score (nSPS) is 12.3. The highest BCUT2D eigenvalue weighted by molar-refractivity contribution is 7.99. The average Bonchev–Trinajstić information content (AvgIpc) is 3.27. The van der Waals surface area contributed by atoms with Crippen LogP contribution in [0.5, 0.6) is 0 Å². The maximum atomic E-state index is 12.3. The third-order valence-corrected chi connectivity index (χ3v) is 5.17. The summed E-state index contributed by atoms with van der Waals surface area (Å²) in [5.41, 5.74) is 5.28. The van der Waals surface area contributed by atoms with Gasteiger partial charge in [0.15, 0.2) is 16.7 Å². The van der Waals surface area contributed by atoms with Crippen LogP contribution in [-0.2, 0) is 16.1 Å². The van der Waals surface area contributed by atoms with Crippen molar-refractivity contribution in [3.63, 3.8) is 0 Å². The largest absolute Gasteiger partial charge is 0.461 e. The number of rotatable bonds is 12. The second kappa shape index (κ2) is 10.9. The molecule has 2 amide bonds. The first-order valence-corrected chi connectivity index (χ1v) is 10.5. The monoisotopic (exact) mass is 407 g/mol. The van der Waals surface area contributed by atoms with Gasteiger partial charge in [-0.2, -0.15) is 0 Å². The Balaban J connectivity index is 1.93. The Bertz CT molecular complexity index is 758. The number of primary amides is 1. The highest BCUT2D eigenvalue weighted by Gasteiger charge is 2.18. The van der Waals surface area contributed by atoms with Crippen molar-refractivity contribution in [2.24, 2.45) is 11.7 Å². The molecule has 3 N–H and O–H groups in total. The molecule has 9 heteroatoms. The van der Waals surface area contributed by atoms with E-state index in [1.54, 1.807) is 23.0 Å². The van der Waals surface area contributed by atoms with Gasteiger partial charge < -0.3 is 15.5 Å². The van der Waals surface area contributed by atoms with Crippen LogP contribution in [0.1, 0.15) is 46.5 Å². The topological polar surface area (TPSA) is 116 Å². The van der Waals surface area contributed by atoms with Crippen LogP contribution in [-0.4, -0.2) is 38.4 Å². The number of hydrogen-bond donors (Lipinski definition) is 2. The van der Waals surface area contributed by atoms with Gasteiger partial charge >= 0.3 is 0 Å². The summed E-state index contributed by atoms with van der Waals surface area (Å²) in [5, 5.41) is 11.9. The minimum Gasteiger partial charge on any atom is -0.461 e. The molecule has 0 saturated carbocycles. The Morgan fingerprint density at radius 3 is 2.71 bits per heavy atom. The van der Waals surface area contributed by atoms with E-state index in [-0.39, 0.29) is 24.1 Å². The minimum absolute atomic E-state index is 0.0500. The lowest BCUT2D eigenvalue weighted by atomic mass is 10.0. The lowest BCUT2D eigenvalue weighted by Crippen LogP contribution is -2.33. The van der Waals surface area contributed by atoms with Crippen LogP contribution in [0.4, 0.5) is 0 Å². The van der Waals surface area contributed by atoms with Crippen molar-refractivity contribution in [1.82, 2.24) is 20.1 Å². The number of carbonyl (C=O) groups excluding carboxylic acids is 2. The van der Waals surface area contributed by atoms with Crippen LogP contribution in [0.25, 0.3) is 11.6 Å². The van der Waals surface area contributed by atoms with Crippen molar-refractivity contribution < 1.29 is 14.0 Å². The smallest absolute Gasteiger partial charge is 0.230 e. The lowest BCUT2D eigenvalue weighted by molar-refractivity contribution is -0.119. The maximum absolute atomic E-state index is 12.3. The van der Waals surface area contributed by atoms with Crippen LogP contribution < -0.4 is 11.1 Å². The molecule has 0 aliphatic heterocycles. The molecule has 0 spiro atoms. The number of thioether (sulfide) groups is 1. The van der Waals surface area contributed by atoms with Crippen molar-refractivity contribution in [3.05, 3.63) is 18.4 Å². The van der Waals surface area contributed by atoms with Gasteiger partial charge in [0.2, 0.25) is 11.8 Å². The molecule has 8 nitrogen and oxygen atoms in total. The van der Waals surface area contributed by atoms with E-state index in [1.165, 1.54) is 11.8 Å². The van der Waals surface area contributed by atoms with E-state index in [4.69, 9.17) is 10.2 Å². The van der Waals surface area contributed by atoms with E-state index >= 15 is 0 Å². The van der Waals surface area contributed by atoms with E-state index < -0.39 is 5.91 Å². The Morgan fingerprint density at radius 1 is 1.29 bits per heavy atom. The quantitative estimate of drug-likeness (QED) is 0.523. The molecule has 0 fully saturated rings. The van der Waals surface area contributed by atoms with Crippen LogP contribution in [0.3, 0.4) is 0 Å². The zero-order valence-corrected chi connectivity index (χ0v) is 17.5. The number of aromatic nitrogens is 3. The molecule has 0 aliphatic carbocycles. The van der Waals surface area contributed by atoms with Crippen molar-refractivity contribution in [1.29, 1.82) is 0 Å². The molecule has 1 atom stereocenters. The second-order valence-electron chi connectivity index (χ2n) is 7.23. The lowest BCUT2D eigenvalue weighted by Gasteiger charge is -2.14. The van der Waals surface area contributed by atoms with Crippen LogP contribution in [0.15, 0.2) is 28.0 Å². The van der Waals surface area contributed by atoms with Gasteiger partial charge in [-0.25, -0.2) is 0 Å². The summed E-state index contributed by atoms with van der Waals surface area (Å²) in [6, 6.07) is 3.66. The summed E-state index contributed by atoms with van der Waals surface area (Å²) in [5.74, 6) is 1.49. The molecule has 2 rings (SSSR count). The Labute approximate surface area is 169 Å². The molecule has 2 aromatic rings. The first-order valence-electron chi connectivity index (χ1n) is 9.54. The number of hydrogen-bond acceptors (Lipinski definition) is 6. The Kier molecular flexibility index (Phi) is 8.56. The Hall–Kier alpha value is -2.29. The van der Waals surface area contributed by atoms with Crippen LogP contribution in [0, 0.1) is 5.92 Å². The van der Waals surface area contributed by atoms with Crippen LogP contribution >= 0.6 is 11.8 Å². The van der Waals surface area contributed by atoms with Gasteiger partial charge in [0.25, 0.3) is 0 Å². The fourth-order valence-electron chi connectivity index (χ4n) is 2.76.